The molecule has 0 saturated carbocycles. The molecule has 1 aliphatic rings. The van der Waals surface area contributed by atoms with E-state index in [1.807, 2.05) is 79.7 Å². The highest BCUT2D eigenvalue weighted by molar-refractivity contribution is 7.99. The predicted octanol–water partition coefficient (Wildman–Crippen LogP) is 10.3. The summed E-state index contributed by atoms with van der Waals surface area (Å²) in [5, 5.41) is 0.595. The Bertz CT molecular complexity index is 2080. The Balaban J connectivity index is 0.00000305. The SMILES string of the molecule is CCOC(=O)c1cnc(SCCCCCC2(C(=O)N(Cc3ccc(OCc4ccc(C)cc4)cc3OC)CC(F)(F)F)c3ccccc3-c3ccccc32)[nH]1.P=S. The normalized spacial score (nSPS) is 12.5. The number of rotatable bonds is 17. The van der Waals surface area contributed by atoms with Crippen LogP contribution in [0.4, 0.5) is 13.2 Å². The summed E-state index contributed by atoms with van der Waals surface area (Å²) in [5.74, 6) is 0.433. The summed E-state index contributed by atoms with van der Waals surface area (Å²) >= 11 is 5.35. The Morgan fingerprint density at radius 1 is 0.930 bits per heavy atom. The van der Waals surface area contributed by atoms with E-state index in [1.165, 1.54) is 25.1 Å². The zero-order valence-electron chi connectivity index (χ0n) is 32.0. The maximum Gasteiger partial charge on any atom is 0.406 e. The van der Waals surface area contributed by atoms with Crippen LogP contribution in [0.5, 0.6) is 11.5 Å². The van der Waals surface area contributed by atoms with Gasteiger partial charge in [0.1, 0.15) is 35.8 Å². The maximum absolute atomic E-state index is 15.1. The maximum atomic E-state index is 15.1. The van der Waals surface area contributed by atoms with Crippen LogP contribution in [0.25, 0.3) is 11.1 Å². The van der Waals surface area contributed by atoms with Gasteiger partial charge in [0.25, 0.3) is 0 Å². The summed E-state index contributed by atoms with van der Waals surface area (Å²) < 4.78 is 60.0. The lowest BCUT2D eigenvalue weighted by Crippen LogP contribution is -2.49. The van der Waals surface area contributed by atoms with Crippen molar-refractivity contribution in [2.75, 3.05) is 26.0 Å². The number of amides is 1. The molecule has 0 spiro atoms. The molecular weight excluding hydrogens is 791 g/mol. The highest BCUT2D eigenvalue weighted by Gasteiger charge is 2.51. The van der Waals surface area contributed by atoms with E-state index in [-0.39, 0.29) is 18.8 Å². The van der Waals surface area contributed by atoms with Gasteiger partial charge < -0.3 is 24.1 Å². The molecule has 14 heteroatoms. The smallest absolute Gasteiger partial charge is 0.406 e. The van der Waals surface area contributed by atoms with E-state index >= 15 is 4.79 Å². The number of carbonyl (C=O) groups is 2. The zero-order valence-corrected chi connectivity index (χ0v) is 34.6. The third kappa shape index (κ3) is 10.6. The highest BCUT2D eigenvalue weighted by Crippen LogP contribution is 2.53. The van der Waals surface area contributed by atoms with Gasteiger partial charge in [-0.3, -0.25) is 4.79 Å². The number of carbonyl (C=O) groups excluding carboxylic acids is 2. The van der Waals surface area contributed by atoms with E-state index in [0.29, 0.717) is 58.5 Å². The number of nitrogens with one attached hydrogen (secondary N) is 1. The minimum Gasteiger partial charge on any atom is -0.496 e. The van der Waals surface area contributed by atoms with E-state index in [9.17, 15) is 18.0 Å². The van der Waals surface area contributed by atoms with Crippen LogP contribution in [-0.4, -0.2) is 58.9 Å². The second kappa shape index (κ2) is 20.1. The van der Waals surface area contributed by atoms with Crippen molar-refractivity contribution in [1.82, 2.24) is 14.9 Å². The lowest BCUT2D eigenvalue weighted by molar-refractivity contribution is -0.165. The van der Waals surface area contributed by atoms with Gasteiger partial charge in [-0.25, -0.2) is 9.78 Å². The van der Waals surface area contributed by atoms with Gasteiger partial charge in [-0.15, -0.1) is 0 Å². The number of imidazole rings is 1. The van der Waals surface area contributed by atoms with Crippen LogP contribution in [-0.2, 0) is 39.9 Å². The van der Waals surface area contributed by atoms with E-state index < -0.39 is 30.0 Å². The molecule has 300 valence electrons. The van der Waals surface area contributed by atoms with Crippen LogP contribution < -0.4 is 9.47 Å². The molecule has 57 heavy (non-hydrogen) atoms. The number of halogens is 3. The molecule has 1 aliphatic carbocycles. The van der Waals surface area contributed by atoms with Gasteiger partial charge in [-0.05, 0) is 74.7 Å². The van der Waals surface area contributed by atoms with Crippen molar-refractivity contribution in [3.8, 4) is 22.6 Å². The number of methoxy groups -OCH3 is 1. The van der Waals surface area contributed by atoms with Gasteiger partial charge >= 0.3 is 12.1 Å². The molecule has 6 rings (SSSR count). The number of nitrogens with zero attached hydrogens (tertiary/aromatic N) is 2. The lowest BCUT2D eigenvalue weighted by Gasteiger charge is -2.37. The molecule has 0 atom stereocenters. The number of aromatic nitrogens is 2. The van der Waals surface area contributed by atoms with E-state index in [1.54, 1.807) is 25.1 Å². The number of hydrogen-bond donors (Lipinski definition) is 1. The summed E-state index contributed by atoms with van der Waals surface area (Å²) in [5.41, 5.74) is 4.57. The Hall–Kier alpha value is -4.71. The van der Waals surface area contributed by atoms with Crippen LogP contribution >= 0.6 is 19.8 Å². The van der Waals surface area contributed by atoms with Crippen LogP contribution in [0.3, 0.4) is 0 Å². The van der Waals surface area contributed by atoms with Gasteiger partial charge in [0.2, 0.25) is 5.91 Å². The number of thioether (sulfide) groups is 1. The molecule has 0 saturated heterocycles. The average molecular weight is 836 g/mol. The molecule has 1 heterocycles. The van der Waals surface area contributed by atoms with E-state index in [2.05, 4.69) is 29.8 Å². The summed E-state index contributed by atoms with van der Waals surface area (Å²) in [7, 11) is 4.01. The lowest BCUT2D eigenvalue weighted by atomic mass is 9.72. The molecule has 5 aromatic rings. The number of esters is 1. The Kier molecular flexibility index (Phi) is 15.3. The fourth-order valence-electron chi connectivity index (χ4n) is 7.15. The van der Waals surface area contributed by atoms with Gasteiger partial charge in [-0.2, -0.15) is 13.2 Å². The van der Waals surface area contributed by atoms with Crippen molar-refractivity contribution < 1.29 is 37.0 Å². The fraction of sp³-hybridized carbons (Fsp3) is 0.326. The Labute approximate surface area is 342 Å². The molecule has 0 fully saturated rings. The molecule has 0 aliphatic heterocycles. The quantitative estimate of drug-likeness (QED) is 0.0429. The summed E-state index contributed by atoms with van der Waals surface area (Å²) in [6.45, 7) is 2.56. The van der Waals surface area contributed by atoms with E-state index in [4.69, 9.17) is 14.2 Å². The van der Waals surface area contributed by atoms with Crippen molar-refractivity contribution >= 4 is 43.5 Å². The van der Waals surface area contributed by atoms with Crippen LogP contribution in [0.1, 0.15) is 70.9 Å². The first-order valence-corrected chi connectivity index (χ1v) is 21.1. The third-order valence-electron chi connectivity index (χ3n) is 9.71. The molecule has 0 bridgehead atoms. The van der Waals surface area contributed by atoms with Gasteiger partial charge in [0, 0.05) is 23.9 Å². The molecule has 1 N–H and O–H groups in total. The number of fused-ring (bicyclic) bond motifs is 3. The van der Waals surface area contributed by atoms with Gasteiger partial charge in [-0.1, -0.05) is 115 Å². The largest absolute Gasteiger partial charge is 0.496 e. The molecule has 4 aromatic carbocycles. The monoisotopic (exact) mass is 835 g/mol. The van der Waals surface area contributed by atoms with Gasteiger partial charge in [0.15, 0.2) is 5.16 Å². The minimum absolute atomic E-state index is 0.263. The predicted molar refractivity (Wildman–Crippen MR) is 222 cm³/mol. The second-order valence-corrected chi connectivity index (χ2v) is 14.6. The number of hydrogen-bond acceptors (Lipinski definition) is 8. The van der Waals surface area contributed by atoms with Gasteiger partial charge in [0.05, 0.1) is 19.9 Å². The molecule has 8 nitrogen and oxygen atoms in total. The third-order valence-corrected chi connectivity index (χ3v) is 10.7. The molecular formula is C43H45F3N3O5PS2. The highest BCUT2D eigenvalue weighted by atomic mass is 32.4. The summed E-state index contributed by atoms with van der Waals surface area (Å²) in [6, 6.07) is 28.0. The average Bonchev–Trinajstić information content (AvgIpc) is 3.81. The van der Waals surface area contributed by atoms with Crippen molar-refractivity contribution in [3.05, 3.63) is 131 Å². The number of ether oxygens (including phenoxy) is 3. The van der Waals surface area contributed by atoms with Crippen LogP contribution in [0.15, 0.2) is 102 Å². The first kappa shape index (κ1) is 43.4. The van der Waals surface area contributed by atoms with Crippen LogP contribution in [0, 0.1) is 6.92 Å². The number of benzene rings is 4. The molecule has 1 amide bonds. The van der Waals surface area contributed by atoms with Crippen molar-refractivity contribution in [2.24, 2.45) is 0 Å². The number of aryl methyl sites for hydroxylation is 1. The molecule has 0 unspecified atom stereocenters. The number of alkyl halides is 3. The first-order valence-electron chi connectivity index (χ1n) is 18.5. The summed E-state index contributed by atoms with van der Waals surface area (Å²) in [4.78, 5) is 35.3. The Morgan fingerprint density at radius 3 is 2.23 bits per heavy atom. The Morgan fingerprint density at radius 2 is 1.60 bits per heavy atom. The number of unbranched alkanes of at least 4 members (excludes halogenated alkanes) is 2. The topological polar surface area (TPSA) is 93.8 Å². The molecule has 1 aromatic heterocycles. The zero-order chi connectivity index (χ0) is 41.0. The number of aromatic amines is 1. The second-order valence-electron chi connectivity index (χ2n) is 13.5. The minimum atomic E-state index is -4.66. The van der Waals surface area contributed by atoms with Crippen molar-refractivity contribution in [3.63, 3.8) is 0 Å². The van der Waals surface area contributed by atoms with E-state index in [0.717, 1.165) is 40.0 Å². The molecule has 0 radical (unpaired) electrons. The standard InChI is InChI=1S/C43H44F3N3O5S.HPS/c1-4-53-39(50)37-25-47-41(48-37)55-23-11-5-10-22-42(35-14-8-6-12-33(35)34-13-7-9-15-36(34)42)40(51)49(28-43(44,45)46)26-31-20-21-32(24-38(31)52-3)54-27-30-18-16-29(2)17-19-30;1-2/h6-9,12-21,24-25H,4-5,10-11,22-23,26-28H2,1-3H3,(H,47,48);1H. The summed E-state index contributed by atoms with van der Waals surface area (Å²) in [6.07, 6.45) is -0.839. The van der Waals surface area contributed by atoms with Crippen molar-refractivity contribution in [2.45, 2.75) is 69.4 Å². The first-order chi connectivity index (χ1) is 27.5. The number of H-pyrrole nitrogens is 1. The fourth-order valence-corrected chi connectivity index (χ4v) is 8.00. The van der Waals surface area contributed by atoms with Crippen LogP contribution in [0.2, 0.25) is 0 Å². The van der Waals surface area contributed by atoms with Crippen molar-refractivity contribution in [1.29, 1.82) is 0 Å².